The van der Waals surface area contributed by atoms with Gasteiger partial charge in [0.2, 0.25) is 0 Å². The summed E-state index contributed by atoms with van der Waals surface area (Å²) in [6, 6.07) is 0.577. The van der Waals surface area contributed by atoms with Gasteiger partial charge >= 0.3 is 0 Å². The number of aromatic nitrogens is 2. The van der Waals surface area contributed by atoms with Crippen LogP contribution in [0.1, 0.15) is 64.9 Å². The standard InChI is InChI=1S/C17H30N4/c1-4-7-15-16(18-6-3)19-12-20-17(15)21-14-10-8-13(5-2)9-11-14/h12-14H,4-11H2,1-3H3,(H2,18,19,20,21). The number of nitrogens with zero attached hydrogens (tertiary/aromatic N) is 2. The lowest BCUT2D eigenvalue weighted by Crippen LogP contribution is -2.27. The number of anilines is 2. The first kappa shape index (κ1) is 16.1. The van der Waals surface area contributed by atoms with E-state index >= 15 is 0 Å². The Morgan fingerprint density at radius 3 is 2.38 bits per heavy atom. The van der Waals surface area contributed by atoms with Crippen molar-refractivity contribution >= 4 is 11.6 Å². The minimum Gasteiger partial charge on any atom is -0.370 e. The minimum atomic E-state index is 0.577. The molecule has 1 aromatic heterocycles. The summed E-state index contributed by atoms with van der Waals surface area (Å²) in [7, 11) is 0. The van der Waals surface area contributed by atoms with Gasteiger partial charge in [-0.15, -0.1) is 0 Å². The molecule has 4 nitrogen and oxygen atoms in total. The molecule has 0 unspecified atom stereocenters. The van der Waals surface area contributed by atoms with Gasteiger partial charge in [-0.3, -0.25) is 0 Å². The lowest BCUT2D eigenvalue weighted by Gasteiger charge is -2.29. The number of hydrogen-bond donors (Lipinski definition) is 2. The van der Waals surface area contributed by atoms with Crippen molar-refractivity contribution in [3.05, 3.63) is 11.9 Å². The van der Waals surface area contributed by atoms with E-state index in [1.165, 1.54) is 37.7 Å². The van der Waals surface area contributed by atoms with Crippen LogP contribution >= 0.6 is 0 Å². The lowest BCUT2D eigenvalue weighted by molar-refractivity contribution is 0.329. The van der Waals surface area contributed by atoms with Gasteiger partial charge in [-0.2, -0.15) is 0 Å². The van der Waals surface area contributed by atoms with E-state index in [1.54, 1.807) is 6.33 Å². The average molecular weight is 290 g/mol. The molecule has 0 aliphatic heterocycles. The first-order valence-corrected chi connectivity index (χ1v) is 8.62. The van der Waals surface area contributed by atoms with Gasteiger partial charge in [0.15, 0.2) is 0 Å². The van der Waals surface area contributed by atoms with Gasteiger partial charge in [-0.1, -0.05) is 26.7 Å². The molecule has 2 rings (SSSR count). The Labute approximate surface area is 129 Å². The first-order valence-electron chi connectivity index (χ1n) is 8.62. The molecule has 0 aromatic carbocycles. The van der Waals surface area contributed by atoms with Crippen LogP contribution in [-0.4, -0.2) is 22.6 Å². The van der Waals surface area contributed by atoms with E-state index in [9.17, 15) is 0 Å². The van der Waals surface area contributed by atoms with E-state index in [2.05, 4.69) is 41.4 Å². The Morgan fingerprint density at radius 1 is 1.05 bits per heavy atom. The smallest absolute Gasteiger partial charge is 0.134 e. The Bertz CT molecular complexity index is 425. The van der Waals surface area contributed by atoms with Crippen LogP contribution in [0.25, 0.3) is 0 Å². The van der Waals surface area contributed by atoms with E-state index in [-0.39, 0.29) is 0 Å². The molecule has 1 heterocycles. The largest absolute Gasteiger partial charge is 0.370 e. The molecular formula is C17H30N4. The van der Waals surface area contributed by atoms with Crippen LogP contribution in [0.3, 0.4) is 0 Å². The van der Waals surface area contributed by atoms with Crippen LogP contribution in [-0.2, 0) is 6.42 Å². The second kappa shape index (κ2) is 8.20. The third-order valence-electron chi connectivity index (χ3n) is 4.55. The fourth-order valence-electron chi connectivity index (χ4n) is 3.25. The van der Waals surface area contributed by atoms with Gasteiger partial charge in [0.05, 0.1) is 0 Å². The maximum Gasteiger partial charge on any atom is 0.134 e. The highest BCUT2D eigenvalue weighted by Gasteiger charge is 2.21. The number of rotatable bonds is 7. The van der Waals surface area contributed by atoms with E-state index in [1.807, 2.05) is 0 Å². The third-order valence-corrected chi connectivity index (χ3v) is 4.55. The Kier molecular flexibility index (Phi) is 6.27. The average Bonchev–Trinajstić information content (AvgIpc) is 2.51. The van der Waals surface area contributed by atoms with Crippen molar-refractivity contribution in [1.82, 2.24) is 9.97 Å². The SMILES string of the molecule is CCCc1c(NCC)ncnc1NC1CCC(CC)CC1. The highest BCUT2D eigenvalue weighted by Crippen LogP contribution is 2.30. The lowest BCUT2D eigenvalue weighted by atomic mass is 9.84. The second-order valence-electron chi connectivity index (χ2n) is 6.10. The second-order valence-corrected chi connectivity index (χ2v) is 6.10. The van der Waals surface area contributed by atoms with Crippen LogP contribution in [0.15, 0.2) is 6.33 Å². The molecule has 0 atom stereocenters. The molecule has 0 amide bonds. The summed E-state index contributed by atoms with van der Waals surface area (Å²) in [5.74, 6) is 2.97. The van der Waals surface area contributed by atoms with Crippen molar-refractivity contribution in [1.29, 1.82) is 0 Å². The topological polar surface area (TPSA) is 49.8 Å². The van der Waals surface area contributed by atoms with E-state index in [4.69, 9.17) is 0 Å². The Balaban J connectivity index is 2.06. The molecule has 2 N–H and O–H groups in total. The van der Waals surface area contributed by atoms with E-state index in [0.29, 0.717) is 6.04 Å². The Hall–Kier alpha value is -1.32. The Morgan fingerprint density at radius 2 is 1.76 bits per heavy atom. The van der Waals surface area contributed by atoms with Crippen molar-refractivity contribution in [3.8, 4) is 0 Å². The zero-order valence-corrected chi connectivity index (χ0v) is 13.8. The zero-order chi connectivity index (χ0) is 15.1. The number of hydrogen-bond acceptors (Lipinski definition) is 4. The van der Waals surface area contributed by atoms with E-state index in [0.717, 1.165) is 36.9 Å². The van der Waals surface area contributed by atoms with Crippen LogP contribution in [0.2, 0.25) is 0 Å². The van der Waals surface area contributed by atoms with E-state index < -0.39 is 0 Å². The molecule has 0 saturated heterocycles. The van der Waals surface area contributed by atoms with Crippen molar-refractivity contribution in [2.24, 2.45) is 5.92 Å². The van der Waals surface area contributed by atoms with Gasteiger partial charge in [-0.25, -0.2) is 9.97 Å². The summed E-state index contributed by atoms with van der Waals surface area (Å²) >= 11 is 0. The van der Waals surface area contributed by atoms with Crippen molar-refractivity contribution in [2.45, 2.75) is 71.8 Å². The maximum absolute atomic E-state index is 4.51. The predicted molar refractivity (Wildman–Crippen MR) is 89.9 cm³/mol. The monoisotopic (exact) mass is 290 g/mol. The summed E-state index contributed by atoms with van der Waals surface area (Å²) in [5, 5.41) is 7.05. The molecule has 4 heteroatoms. The molecular weight excluding hydrogens is 260 g/mol. The normalized spacial score (nSPS) is 22.0. The third kappa shape index (κ3) is 4.32. The molecule has 118 valence electrons. The molecule has 0 spiro atoms. The summed E-state index contributed by atoms with van der Waals surface area (Å²) in [6.45, 7) is 7.52. The molecule has 1 aliphatic carbocycles. The quantitative estimate of drug-likeness (QED) is 0.788. The fourth-order valence-corrected chi connectivity index (χ4v) is 3.25. The van der Waals surface area contributed by atoms with Crippen molar-refractivity contribution < 1.29 is 0 Å². The highest BCUT2D eigenvalue weighted by atomic mass is 15.1. The first-order chi connectivity index (χ1) is 10.3. The van der Waals surface area contributed by atoms with Gasteiger partial charge in [0.25, 0.3) is 0 Å². The molecule has 1 saturated carbocycles. The molecule has 21 heavy (non-hydrogen) atoms. The van der Waals surface area contributed by atoms with Gasteiger partial charge in [0.1, 0.15) is 18.0 Å². The molecule has 1 aromatic rings. The molecule has 1 fully saturated rings. The fraction of sp³-hybridized carbons (Fsp3) is 0.765. The minimum absolute atomic E-state index is 0.577. The molecule has 0 bridgehead atoms. The van der Waals surface area contributed by atoms with Crippen LogP contribution in [0, 0.1) is 5.92 Å². The molecule has 0 radical (unpaired) electrons. The summed E-state index contributed by atoms with van der Waals surface area (Å²) < 4.78 is 0. The van der Waals surface area contributed by atoms with Crippen LogP contribution in [0.5, 0.6) is 0 Å². The van der Waals surface area contributed by atoms with Gasteiger partial charge < -0.3 is 10.6 Å². The van der Waals surface area contributed by atoms with Crippen LogP contribution in [0.4, 0.5) is 11.6 Å². The van der Waals surface area contributed by atoms with Crippen molar-refractivity contribution in [2.75, 3.05) is 17.2 Å². The highest BCUT2D eigenvalue weighted by molar-refractivity contribution is 5.57. The van der Waals surface area contributed by atoms with Gasteiger partial charge in [-0.05, 0) is 44.9 Å². The maximum atomic E-state index is 4.51. The number of nitrogens with one attached hydrogen (secondary N) is 2. The summed E-state index contributed by atoms with van der Waals surface area (Å²) in [6.07, 6.45) is 10.4. The summed E-state index contributed by atoms with van der Waals surface area (Å²) in [4.78, 5) is 8.92. The molecule has 1 aliphatic rings. The summed E-state index contributed by atoms with van der Waals surface area (Å²) in [5.41, 5.74) is 1.25. The van der Waals surface area contributed by atoms with Gasteiger partial charge in [0, 0.05) is 18.2 Å². The van der Waals surface area contributed by atoms with Crippen molar-refractivity contribution in [3.63, 3.8) is 0 Å². The van der Waals surface area contributed by atoms with Crippen LogP contribution < -0.4 is 10.6 Å². The predicted octanol–water partition coefficient (Wildman–Crippen LogP) is 4.24. The zero-order valence-electron chi connectivity index (χ0n) is 13.8.